The molecule has 0 aliphatic heterocycles. The maximum Gasteiger partial charge on any atom is 0.0165 e. The van der Waals surface area contributed by atoms with Gasteiger partial charge in [-0.1, -0.05) is 92.3 Å². The summed E-state index contributed by atoms with van der Waals surface area (Å²) in [6.45, 7) is 4.85. The number of hydrogen-bond donors (Lipinski definition) is 0. The van der Waals surface area contributed by atoms with Gasteiger partial charge in [-0.15, -0.1) is 0 Å². The van der Waals surface area contributed by atoms with E-state index in [1.807, 2.05) is 0 Å². The highest BCUT2D eigenvalue weighted by Crippen LogP contribution is 2.55. The molecule has 0 radical (unpaired) electrons. The number of hydrogen-bond acceptors (Lipinski definition) is 0. The number of allylic oxidation sites excluding steroid dienone is 12. The van der Waals surface area contributed by atoms with Crippen molar-refractivity contribution in [2.45, 2.75) is 25.7 Å². The molecule has 2 unspecified atom stereocenters. The first-order valence-corrected chi connectivity index (χ1v) is 10.6. The number of rotatable bonds is 1. The van der Waals surface area contributed by atoms with Crippen LogP contribution in [0.4, 0.5) is 0 Å². The van der Waals surface area contributed by atoms with Gasteiger partial charge in [0.15, 0.2) is 0 Å². The number of halogens is 1. The van der Waals surface area contributed by atoms with Gasteiger partial charge < -0.3 is 0 Å². The van der Waals surface area contributed by atoms with Gasteiger partial charge in [0.05, 0.1) is 0 Å². The SMILES string of the molecule is CC1(C)c2ccccc2C2=CC=C([C@@H]3C=CC(I)=C4C=CC=CC43)CC21. The first-order valence-electron chi connectivity index (χ1n) is 9.50. The fourth-order valence-electron chi connectivity index (χ4n) is 5.25. The predicted octanol–water partition coefficient (Wildman–Crippen LogP) is 6.92. The molecule has 1 heteroatoms. The molecule has 0 nitrogen and oxygen atoms in total. The van der Waals surface area contributed by atoms with Crippen LogP contribution >= 0.6 is 22.6 Å². The highest BCUT2D eigenvalue weighted by molar-refractivity contribution is 14.1. The van der Waals surface area contributed by atoms with E-state index in [0.29, 0.717) is 17.8 Å². The van der Waals surface area contributed by atoms with Crippen LogP contribution in [0.25, 0.3) is 5.57 Å². The summed E-state index contributed by atoms with van der Waals surface area (Å²) in [5, 5.41) is 0. The Labute approximate surface area is 169 Å². The van der Waals surface area contributed by atoms with E-state index in [4.69, 9.17) is 0 Å². The fourth-order valence-corrected chi connectivity index (χ4v) is 5.99. The molecule has 4 aliphatic rings. The molecule has 0 heterocycles. The van der Waals surface area contributed by atoms with Gasteiger partial charge in [-0.3, -0.25) is 0 Å². The lowest BCUT2D eigenvalue weighted by molar-refractivity contribution is 0.393. The molecule has 1 aromatic rings. The molecule has 4 aliphatic carbocycles. The second-order valence-corrected chi connectivity index (χ2v) is 9.51. The fraction of sp³-hybridized carbons (Fsp3) is 0.280. The van der Waals surface area contributed by atoms with E-state index in [1.54, 1.807) is 11.1 Å². The van der Waals surface area contributed by atoms with Gasteiger partial charge in [0.1, 0.15) is 0 Å². The van der Waals surface area contributed by atoms with Gasteiger partial charge in [0, 0.05) is 15.4 Å². The molecular weight excluding hydrogens is 427 g/mol. The second kappa shape index (κ2) is 5.95. The minimum Gasteiger partial charge on any atom is -0.0761 e. The van der Waals surface area contributed by atoms with Crippen LogP contribution in [0, 0.1) is 17.8 Å². The Bertz CT molecular complexity index is 962. The van der Waals surface area contributed by atoms with E-state index >= 15 is 0 Å². The molecule has 1 aromatic carbocycles. The normalized spacial score (nSPS) is 30.5. The van der Waals surface area contributed by atoms with Crippen molar-refractivity contribution in [3.63, 3.8) is 0 Å². The zero-order chi connectivity index (χ0) is 17.9. The average Bonchev–Trinajstić information content (AvgIpc) is 2.90. The van der Waals surface area contributed by atoms with Crippen molar-refractivity contribution in [3.05, 3.63) is 98.7 Å². The largest absolute Gasteiger partial charge is 0.0761 e. The molecule has 0 aromatic heterocycles. The van der Waals surface area contributed by atoms with Gasteiger partial charge in [-0.05, 0) is 62.6 Å². The topological polar surface area (TPSA) is 0 Å². The van der Waals surface area contributed by atoms with Gasteiger partial charge in [-0.25, -0.2) is 0 Å². The molecule has 5 rings (SSSR count). The Kier molecular flexibility index (Phi) is 3.79. The predicted molar refractivity (Wildman–Crippen MR) is 119 cm³/mol. The molecule has 26 heavy (non-hydrogen) atoms. The van der Waals surface area contributed by atoms with E-state index in [0.717, 1.165) is 0 Å². The van der Waals surface area contributed by atoms with E-state index in [9.17, 15) is 0 Å². The quantitative estimate of drug-likeness (QED) is 0.407. The van der Waals surface area contributed by atoms with Gasteiger partial charge in [0.2, 0.25) is 0 Å². The van der Waals surface area contributed by atoms with E-state index < -0.39 is 0 Å². The summed E-state index contributed by atoms with van der Waals surface area (Å²) in [7, 11) is 0. The summed E-state index contributed by atoms with van der Waals surface area (Å²) in [5.74, 6) is 1.57. The first-order chi connectivity index (χ1) is 12.6. The molecule has 0 amide bonds. The lowest BCUT2D eigenvalue weighted by atomic mass is 9.68. The Hall–Kier alpha value is -1.61. The highest BCUT2D eigenvalue weighted by atomic mass is 127. The lowest BCUT2D eigenvalue weighted by Gasteiger charge is -2.36. The van der Waals surface area contributed by atoms with Crippen molar-refractivity contribution in [2.75, 3.05) is 0 Å². The average molecular weight is 450 g/mol. The standard InChI is InChI=1S/C25H23I/c1-25(2)22-10-6-5-8-19(22)20-12-11-16(15-23(20)25)17-13-14-24(26)21-9-4-3-7-18(17)21/h3-14,17-18,23H,15H2,1-2H3/t17-,18?,23?/m0/s1. The molecule has 0 spiro atoms. The summed E-state index contributed by atoms with van der Waals surface area (Å²) < 4.78 is 1.38. The monoisotopic (exact) mass is 450 g/mol. The van der Waals surface area contributed by atoms with Crippen molar-refractivity contribution in [1.29, 1.82) is 0 Å². The van der Waals surface area contributed by atoms with Crippen LogP contribution in [-0.2, 0) is 5.41 Å². The smallest absolute Gasteiger partial charge is 0.0165 e. The molecule has 3 atom stereocenters. The van der Waals surface area contributed by atoms with Crippen molar-refractivity contribution >= 4 is 28.2 Å². The third-order valence-electron chi connectivity index (χ3n) is 6.70. The van der Waals surface area contributed by atoms with Crippen LogP contribution in [0.3, 0.4) is 0 Å². The van der Waals surface area contributed by atoms with Gasteiger partial charge in [-0.2, -0.15) is 0 Å². The third kappa shape index (κ3) is 2.32. The summed E-state index contributed by atoms with van der Waals surface area (Å²) in [6.07, 6.45) is 19.8. The highest BCUT2D eigenvalue weighted by Gasteiger charge is 2.44. The van der Waals surface area contributed by atoms with Crippen LogP contribution in [0.1, 0.15) is 31.4 Å². The zero-order valence-corrected chi connectivity index (χ0v) is 17.4. The van der Waals surface area contributed by atoms with Gasteiger partial charge in [0.25, 0.3) is 0 Å². The number of benzene rings is 1. The molecule has 0 N–H and O–H groups in total. The Morgan fingerprint density at radius 3 is 2.69 bits per heavy atom. The van der Waals surface area contributed by atoms with Crippen molar-refractivity contribution in [1.82, 2.24) is 0 Å². The van der Waals surface area contributed by atoms with E-state index in [1.165, 1.54) is 26.7 Å². The molecule has 0 bridgehead atoms. The summed E-state index contributed by atoms with van der Waals surface area (Å²) in [4.78, 5) is 0. The minimum absolute atomic E-state index is 0.204. The summed E-state index contributed by atoms with van der Waals surface area (Å²) in [6, 6.07) is 9.00. The molecule has 0 saturated heterocycles. The van der Waals surface area contributed by atoms with E-state index in [2.05, 4.69) is 109 Å². The molecule has 0 fully saturated rings. The zero-order valence-electron chi connectivity index (χ0n) is 15.2. The van der Waals surface area contributed by atoms with Crippen LogP contribution in [0.5, 0.6) is 0 Å². The van der Waals surface area contributed by atoms with Crippen molar-refractivity contribution in [3.8, 4) is 0 Å². The Balaban J connectivity index is 1.54. The second-order valence-electron chi connectivity index (χ2n) is 8.35. The van der Waals surface area contributed by atoms with Crippen LogP contribution in [0.15, 0.2) is 87.6 Å². The van der Waals surface area contributed by atoms with Crippen LogP contribution in [-0.4, -0.2) is 0 Å². The van der Waals surface area contributed by atoms with E-state index in [-0.39, 0.29) is 5.41 Å². The van der Waals surface area contributed by atoms with Crippen molar-refractivity contribution in [2.24, 2.45) is 17.8 Å². The van der Waals surface area contributed by atoms with Crippen LogP contribution in [0.2, 0.25) is 0 Å². The maximum absolute atomic E-state index is 2.48. The third-order valence-corrected chi connectivity index (χ3v) is 7.68. The number of fused-ring (bicyclic) bond motifs is 4. The molecule has 130 valence electrons. The van der Waals surface area contributed by atoms with Gasteiger partial charge >= 0.3 is 0 Å². The van der Waals surface area contributed by atoms with Crippen molar-refractivity contribution < 1.29 is 0 Å². The summed E-state index contributed by atoms with van der Waals surface area (Å²) >= 11 is 2.48. The van der Waals surface area contributed by atoms with Crippen LogP contribution < -0.4 is 0 Å². The maximum atomic E-state index is 2.48. The lowest BCUT2D eigenvalue weighted by Crippen LogP contribution is -2.28. The Morgan fingerprint density at radius 1 is 0.962 bits per heavy atom. The Morgan fingerprint density at radius 2 is 1.81 bits per heavy atom. The first kappa shape index (κ1) is 16.6. The summed E-state index contributed by atoms with van der Waals surface area (Å²) in [5.41, 5.74) is 7.79. The molecular formula is C25H23I. The minimum atomic E-state index is 0.204. The molecule has 0 saturated carbocycles.